The quantitative estimate of drug-likeness (QED) is 0.0169. The van der Waals surface area contributed by atoms with Gasteiger partial charge in [-0.05, 0) is 77.0 Å². The molecule has 0 amide bonds. The monoisotopic (exact) mass is 1290 g/mol. The maximum absolute atomic E-state index is 13.0. The highest BCUT2D eigenvalue weighted by molar-refractivity contribution is 7.47. The fourth-order valence-corrected chi connectivity index (χ4v) is 11.0. The molecule has 0 aromatic rings. The summed E-state index contributed by atoms with van der Waals surface area (Å²) >= 11 is 0. The first-order chi connectivity index (χ1) is 42.7. The molecule has 0 aromatic carbocycles. The smallest absolute Gasteiger partial charge is 0.462 e. The lowest BCUT2D eigenvalue weighted by molar-refractivity contribution is -0.161. The molecule has 0 rings (SSSR count). The van der Waals surface area contributed by atoms with E-state index in [1.807, 2.05) is 0 Å². The largest absolute Gasteiger partial charge is 0.472 e. The highest BCUT2D eigenvalue weighted by atomic mass is 31.2. The molecule has 0 aromatic heterocycles. The van der Waals surface area contributed by atoms with Crippen molar-refractivity contribution < 1.29 is 80.2 Å². The molecule has 0 bridgehead atoms. The van der Waals surface area contributed by atoms with Crippen LogP contribution < -0.4 is 0 Å². The average Bonchev–Trinajstić information content (AvgIpc) is 3.66. The molecule has 0 aliphatic heterocycles. The van der Waals surface area contributed by atoms with Gasteiger partial charge >= 0.3 is 39.5 Å². The van der Waals surface area contributed by atoms with Gasteiger partial charge in [-0.15, -0.1) is 0 Å². The van der Waals surface area contributed by atoms with E-state index in [9.17, 15) is 43.2 Å². The van der Waals surface area contributed by atoms with Crippen molar-refractivity contribution in [3.63, 3.8) is 0 Å². The van der Waals surface area contributed by atoms with E-state index in [1.54, 1.807) is 0 Å². The molecular formula is C69H126O17P2. The van der Waals surface area contributed by atoms with Crippen molar-refractivity contribution in [3.8, 4) is 0 Å². The second kappa shape index (κ2) is 62.8. The molecule has 0 saturated heterocycles. The number of phosphoric acid groups is 2. The van der Waals surface area contributed by atoms with Crippen LogP contribution in [-0.4, -0.2) is 96.7 Å². The third-order valence-electron chi connectivity index (χ3n) is 14.9. The van der Waals surface area contributed by atoms with Crippen molar-refractivity contribution in [1.82, 2.24) is 0 Å². The number of carbonyl (C=O) groups excluding carboxylic acids is 4. The number of hydrogen-bond acceptors (Lipinski definition) is 15. The maximum Gasteiger partial charge on any atom is 0.472 e. The average molecular weight is 1290 g/mol. The van der Waals surface area contributed by atoms with Gasteiger partial charge in [-0.3, -0.25) is 37.3 Å². The summed E-state index contributed by atoms with van der Waals surface area (Å²) in [5, 5.41) is 10.6. The van der Waals surface area contributed by atoms with Gasteiger partial charge in [-0.1, -0.05) is 256 Å². The zero-order chi connectivity index (χ0) is 64.7. The number of carbonyl (C=O) groups is 4. The summed E-state index contributed by atoms with van der Waals surface area (Å²) in [7, 11) is -9.91. The number of allylic oxidation sites excluding steroid dienone is 8. The molecule has 19 heteroatoms. The molecule has 0 fully saturated rings. The first kappa shape index (κ1) is 85.0. The predicted octanol–water partition coefficient (Wildman–Crippen LogP) is 19.0. The Labute approximate surface area is 534 Å². The molecule has 514 valence electrons. The Bertz CT molecular complexity index is 1870. The number of rotatable bonds is 66. The van der Waals surface area contributed by atoms with Crippen molar-refractivity contribution in [2.24, 2.45) is 0 Å². The number of phosphoric ester groups is 2. The summed E-state index contributed by atoms with van der Waals surface area (Å²) in [5.74, 6) is -2.19. The van der Waals surface area contributed by atoms with Crippen LogP contribution in [0.4, 0.5) is 0 Å². The van der Waals surface area contributed by atoms with Crippen molar-refractivity contribution in [2.75, 3.05) is 39.6 Å². The number of ether oxygens (including phenoxy) is 4. The van der Waals surface area contributed by atoms with Gasteiger partial charge in [-0.25, -0.2) is 9.13 Å². The van der Waals surface area contributed by atoms with Crippen LogP contribution in [-0.2, 0) is 65.4 Å². The zero-order valence-electron chi connectivity index (χ0n) is 55.7. The Morgan fingerprint density at radius 2 is 0.545 bits per heavy atom. The minimum atomic E-state index is -4.96. The minimum absolute atomic E-state index is 0.0784. The number of hydrogen-bond donors (Lipinski definition) is 3. The second-order valence-electron chi connectivity index (χ2n) is 23.5. The second-order valence-corrected chi connectivity index (χ2v) is 26.5. The van der Waals surface area contributed by atoms with E-state index in [0.29, 0.717) is 25.7 Å². The fraction of sp³-hybridized carbons (Fsp3) is 0.826. The summed E-state index contributed by atoms with van der Waals surface area (Å²) < 4.78 is 68.0. The lowest BCUT2D eigenvalue weighted by atomic mass is 10.1. The molecule has 0 aliphatic carbocycles. The molecule has 0 saturated carbocycles. The van der Waals surface area contributed by atoms with E-state index < -0.39 is 97.5 Å². The molecule has 88 heavy (non-hydrogen) atoms. The van der Waals surface area contributed by atoms with Crippen molar-refractivity contribution in [3.05, 3.63) is 48.6 Å². The van der Waals surface area contributed by atoms with Crippen LogP contribution in [0.25, 0.3) is 0 Å². The number of unbranched alkanes of at least 4 members (excludes halogenated alkanes) is 34. The van der Waals surface area contributed by atoms with Gasteiger partial charge in [-0.2, -0.15) is 0 Å². The molecular weight excluding hydrogens is 1160 g/mol. The lowest BCUT2D eigenvalue weighted by Crippen LogP contribution is -2.30. The van der Waals surface area contributed by atoms with E-state index in [0.717, 1.165) is 128 Å². The highest BCUT2D eigenvalue weighted by Gasteiger charge is 2.30. The summed E-state index contributed by atoms with van der Waals surface area (Å²) in [6.07, 6.45) is 55.7. The third-order valence-corrected chi connectivity index (χ3v) is 16.8. The summed E-state index contributed by atoms with van der Waals surface area (Å²) in [5.41, 5.74) is 0. The SMILES string of the molecule is CCCCCC/C=C\C=C/CCCCCCCC(=O)OC[C@H](COP(=O)(O)OC[C@@H](O)COP(=O)(O)OC[C@@H](COC(=O)CCCCCCCCCC)OC(=O)CCCCCCCCCCCC)OC(=O)CCCCCCC/C=C\C=C/CCCCCC. The van der Waals surface area contributed by atoms with Gasteiger partial charge in [0.05, 0.1) is 26.4 Å². The van der Waals surface area contributed by atoms with Crippen LogP contribution in [0.2, 0.25) is 0 Å². The summed E-state index contributed by atoms with van der Waals surface area (Å²) in [6.45, 7) is 4.76. The predicted molar refractivity (Wildman–Crippen MR) is 354 cm³/mol. The van der Waals surface area contributed by atoms with Crippen LogP contribution in [0.15, 0.2) is 48.6 Å². The lowest BCUT2D eigenvalue weighted by Gasteiger charge is -2.21. The third kappa shape index (κ3) is 61.9. The van der Waals surface area contributed by atoms with Gasteiger partial charge in [0.2, 0.25) is 0 Å². The first-order valence-corrected chi connectivity index (χ1v) is 37.9. The van der Waals surface area contributed by atoms with Crippen molar-refractivity contribution in [1.29, 1.82) is 0 Å². The standard InChI is InChI=1S/C69H126O17P2/c1-5-9-13-17-21-25-28-30-32-34-36-39-42-46-50-54-67(72)80-60-65(86-69(74)56-52-48-44-40-37-35-33-31-29-26-22-18-14-10-6-2)62-84-88(77,78)82-58-63(70)57-81-87(75,76)83-61-64(59-79-66(71)53-49-45-41-24-20-16-12-8-4)85-68(73)55-51-47-43-38-27-23-19-15-11-7-3/h25-26,28-33,63-65,70H,5-24,27,34-62H2,1-4H3,(H,75,76)(H,77,78)/b28-25-,29-26-,32-30-,33-31-/t63-,64+,65+/m0/s1. The number of aliphatic hydroxyl groups excluding tert-OH is 1. The Balaban J connectivity index is 5.29. The molecule has 2 unspecified atom stereocenters. The summed E-state index contributed by atoms with van der Waals surface area (Å²) in [4.78, 5) is 72.3. The number of esters is 4. The van der Waals surface area contributed by atoms with Crippen LogP contribution in [0.3, 0.4) is 0 Å². The van der Waals surface area contributed by atoms with Gasteiger partial charge < -0.3 is 33.8 Å². The molecule has 0 radical (unpaired) electrons. The van der Waals surface area contributed by atoms with E-state index in [-0.39, 0.29) is 25.7 Å². The van der Waals surface area contributed by atoms with Gasteiger partial charge in [0.15, 0.2) is 12.2 Å². The Hall–Kier alpha value is -2.98. The van der Waals surface area contributed by atoms with Crippen molar-refractivity contribution >= 4 is 39.5 Å². The number of aliphatic hydroxyl groups is 1. The maximum atomic E-state index is 13.0. The highest BCUT2D eigenvalue weighted by Crippen LogP contribution is 2.45. The normalized spacial score (nSPS) is 14.4. The Morgan fingerprint density at radius 3 is 0.830 bits per heavy atom. The van der Waals surface area contributed by atoms with Crippen LogP contribution in [0.5, 0.6) is 0 Å². The molecule has 0 spiro atoms. The molecule has 5 atom stereocenters. The van der Waals surface area contributed by atoms with Crippen molar-refractivity contribution in [2.45, 2.75) is 329 Å². The van der Waals surface area contributed by atoms with Crippen LogP contribution in [0.1, 0.15) is 310 Å². The van der Waals surface area contributed by atoms with E-state index in [4.69, 9.17) is 37.0 Å². The molecule has 0 aliphatic rings. The summed E-state index contributed by atoms with van der Waals surface area (Å²) in [6, 6.07) is 0. The zero-order valence-corrected chi connectivity index (χ0v) is 57.4. The first-order valence-electron chi connectivity index (χ1n) is 34.9. The topological polar surface area (TPSA) is 237 Å². The van der Waals surface area contributed by atoms with Crippen LogP contribution in [0, 0.1) is 0 Å². The minimum Gasteiger partial charge on any atom is -0.462 e. The molecule has 3 N–H and O–H groups in total. The Morgan fingerprint density at radius 1 is 0.318 bits per heavy atom. The molecule has 17 nitrogen and oxygen atoms in total. The van der Waals surface area contributed by atoms with Gasteiger partial charge in [0, 0.05) is 25.7 Å². The molecule has 0 heterocycles. The van der Waals surface area contributed by atoms with E-state index >= 15 is 0 Å². The Kier molecular flexibility index (Phi) is 60.7. The van der Waals surface area contributed by atoms with E-state index in [2.05, 4.69) is 76.3 Å². The van der Waals surface area contributed by atoms with E-state index in [1.165, 1.54) is 103 Å². The van der Waals surface area contributed by atoms with Gasteiger partial charge in [0.1, 0.15) is 19.3 Å². The van der Waals surface area contributed by atoms with Gasteiger partial charge in [0.25, 0.3) is 0 Å². The van der Waals surface area contributed by atoms with Crippen LogP contribution >= 0.6 is 15.6 Å². The fourth-order valence-electron chi connectivity index (χ4n) is 9.44.